The molecule has 2 aromatic rings. The molecule has 0 aliphatic heterocycles. The van der Waals surface area contributed by atoms with Crippen molar-refractivity contribution in [2.45, 2.75) is 35.1 Å². The lowest BCUT2D eigenvalue weighted by Crippen LogP contribution is -2.46. The highest BCUT2D eigenvalue weighted by molar-refractivity contribution is 9.10. The Hall–Kier alpha value is -0.560. The van der Waals surface area contributed by atoms with Crippen molar-refractivity contribution >= 4 is 57.5 Å². The molecule has 0 saturated carbocycles. The van der Waals surface area contributed by atoms with Crippen molar-refractivity contribution in [2.75, 3.05) is 26.5 Å². The predicted octanol–water partition coefficient (Wildman–Crippen LogP) is 5.32. The number of pyridine rings is 2. The van der Waals surface area contributed by atoms with Crippen molar-refractivity contribution in [1.82, 2.24) is 4.98 Å². The lowest BCUT2D eigenvalue weighted by atomic mass is 10.4. The Morgan fingerprint density at radius 3 is 1.97 bits per heavy atom. The molecule has 0 aliphatic carbocycles. The fourth-order valence-corrected chi connectivity index (χ4v) is 6.66. The van der Waals surface area contributed by atoms with Crippen molar-refractivity contribution in [3.05, 3.63) is 49.8 Å². The maximum Gasteiger partial charge on any atom is 0.293 e. The number of halogens is 2. The van der Waals surface area contributed by atoms with Gasteiger partial charge in [-0.15, -0.1) is 0 Å². The molecular weight excluding hydrogens is 558 g/mol. The maximum absolute atomic E-state index is 12.1. The summed E-state index contributed by atoms with van der Waals surface area (Å²) in [5.41, 5.74) is 2.01. The fraction of sp³-hybridized carbons (Fsp3) is 0.474. The van der Waals surface area contributed by atoms with Crippen LogP contribution in [0.2, 0.25) is 0 Å². The van der Waals surface area contributed by atoms with Gasteiger partial charge >= 0.3 is 0 Å². The molecule has 0 amide bonds. The first-order chi connectivity index (χ1) is 13.3. The summed E-state index contributed by atoms with van der Waals surface area (Å²) in [5, 5.41) is 11.7. The van der Waals surface area contributed by atoms with Gasteiger partial charge in [-0.3, -0.25) is 9.13 Å². The molecule has 11 heteroatoms. The summed E-state index contributed by atoms with van der Waals surface area (Å²) < 4.78 is 36.7. The Bertz CT molecular complexity index is 937. The van der Waals surface area contributed by atoms with E-state index in [0.29, 0.717) is 29.1 Å². The third-order valence-electron chi connectivity index (χ3n) is 3.63. The zero-order valence-corrected chi connectivity index (χ0v) is 22.3. The Balaban J connectivity index is 0.000000544. The average Bonchev–Trinajstić information content (AvgIpc) is 2.57. The van der Waals surface area contributed by atoms with Gasteiger partial charge in [0.05, 0.1) is 13.2 Å². The lowest BCUT2D eigenvalue weighted by Gasteiger charge is -2.13. The van der Waals surface area contributed by atoms with E-state index in [0.717, 1.165) is 14.6 Å². The minimum Gasteiger partial charge on any atom is -0.618 e. The van der Waals surface area contributed by atoms with Crippen molar-refractivity contribution in [3.8, 4) is 0 Å². The number of hydrogen-bond donors (Lipinski definition) is 0. The summed E-state index contributed by atoms with van der Waals surface area (Å²) in [6, 6.07) is 6.82. The SMILES string of the molecule is C.CCOP(C)(=O)c1cc(Br)cc(C)[n+]1[O-].CCOP(C)(=O)c1cc(Br)cc(C)n1. The van der Waals surface area contributed by atoms with Crippen LogP contribution in [-0.2, 0) is 18.2 Å². The van der Waals surface area contributed by atoms with Crippen LogP contribution in [0.4, 0.5) is 0 Å². The standard InChI is InChI=1S/C9H13BrNO3P.C9H13BrNO2P.CH4/c1-4-14-15(3,13)9-6-8(10)5-7(2)11(9)12;1-4-13-14(3,12)9-6-8(10)5-7(2)11-9;/h5-6H,4H2,1-3H3;5-6H,4H2,1-3H3;1H4. The van der Waals surface area contributed by atoms with Gasteiger partial charge in [0.2, 0.25) is 7.37 Å². The summed E-state index contributed by atoms with van der Waals surface area (Å²) in [6.07, 6.45) is 0. The second-order valence-electron chi connectivity index (χ2n) is 6.28. The highest BCUT2D eigenvalue weighted by atomic mass is 79.9. The minimum absolute atomic E-state index is 0. The third-order valence-corrected chi connectivity index (χ3v) is 8.25. The van der Waals surface area contributed by atoms with E-state index in [1.807, 2.05) is 19.9 Å². The van der Waals surface area contributed by atoms with E-state index in [-0.39, 0.29) is 12.9 Å². The van der Waals surface area contributed by atoms with Gasteiger partial charge in [0.1, 0.15) is 5.44 Å². The Kier molecular flexibility index (Phi) is 12.2. The van der Waals surface area contributed by atoms with Gasteiger partial charge in [0, 0.05) is 47.0 Å². The molecule has 2 unspecified atom stereocenters. The molecule has 0 aromatic carbocycles. The van der Waals surface area contributed by atoms with E-state index >= 15 is 0 Å². The first kappa shape index (κ1) is 29.4. The Morgan fingerprint density at radius 1 is 0.967 bits per heavy atom. The molecule has 0 radical (unpaired) electrons. The predicted molar refractivity (Wildman–Crippen MR) is 131 cm³/mol. The molecule has 2 aromatic heterocycles. The van der Waals surface area contributed by atoms with Gasteiger partial charge in [-0.1, -0.05) is 39.3 Å². The van der Waals surface area contributed by atoms with E-state index in [9.17, 15) is 14.3 Å². The van der Waals surface area contributed by atoms with Gasteiger partial charge in [-0.2, -0.15) is 4.73 Å². The molecule has 170 valence electrons. The van der Waals surface area contributed by atoms with Crippen molar-refractivity contribution < 1.29 is 22.9 Å². The lowest BCUT2D eigenvalue weighted by molar-refractivity contribution is -0.593. The first-order valence-electron chi connectivity index (χ1n) is 8.83. The van der Waals surface area contributed by atoms with Crippen molar-refractivity contribution in [3.63, 3.8) is 0 Å². The van der Waals surface area contributed by atoms with Gasteiger partial charge < -0.3 is 14.3 Å². The topological polar surface area (TPSA) is 92.4 Å². The van der Waals surface area contributed by atoms with Crippen LogP contribution in [0.5, 0.6) is 0 Å². The maximum atomic E-state index is 12.1. The van der Waals surface area contributed by atoms with Crippen LogP contribution in [0, 0.1) is 19.1 Å². The second kappa shape index (κ2) is 12.5. The van der Waals surface area contributed by atoms with Crippen LogP contribution in [0.3, 0.4) is 0 Å². The van der Waals surface area contributed by atoms with Crippen LogP contribution in [0.25, 0.3) is 0 Å². The van der Waals surface area contributed by atoms with E-state index in [4.69, 9.17) is 9.05 Å². The number of aromatic nitrogens is 2. The summed E-state index contributed by atoms with van der Waals surface area (Å²) in [4.78, 5) is 4.21. The highest BCUT2D eigenvalue weighted by Crippen LogP contribution is 2.41. The van der Waals surface area contributed by atoms with Gasteiger partial charge in [-0.25, -0.2) is 4.98 Å². The van der Waals surface area contributed by atoms with Crippen LogP contribution < -0.4 is 15.6 Å². The number of rotatable bonds is 6. The van der Waals surface area contributed by atoms with E-state index < -0.39 is 14.7 Å². The quantitative estimate of drug-likeness (QED) is 0.258. The zero-order chi connectivity index (χ0) is 22.4. The molecule has 0 N–H and O–H groups in total. The third kappa shape index (κ3) is 8.52. The van der Waals surface area contributed by atoms with E-state index in [1.54, 1.807) is 32.6 Å². The van der Waals surface area contributed by atoms with E-state index in [2.05, 4.69) is 36.8 Å². The molecule has 2 rings (SSSR count). The zero-order valence-electron chi connectivity index (χ0n) is 17.3. The van der Waals surface area contributed by atoms with Gasteiger partial charge in [-0.05, 0) is 32.9 Å². The summed E-state index contributed by atoms with van der Waals surface area (Å²) in [6.45, 7) is 10.9. The number of aryl methyl sites for hydroxylation is 2. The monoisotopic (exact) mass is 586 g/mol. The highest BCUT2D eigenvalue weighted by Gasteiger charge is 2.29. The summed E-state index contributed by atoms with van der Waals surface area (Å²) >= 11 is 6.60. The van der Waals surface area contributed by atoms with E-state index in [1.165, 1.54) is 12.7 Å². The minimum atomic E-state index is -3.02. The molecule has 0 fully saturated rings. The fourth-order valence-electron chi connectivity index (χ4n) is 2.39. The molecule has 7 nitrogen and oxygen atoms in total. The second-order valence-corrected chi connectivity index (χ2v) is 12.9. The van der Waals surface area contributed by atoms with Gasteiger partial charge in [0.25, 0.3) is 12.8 Å². The molecule has 0 bridgehead atoms. The molecule has 0 spiro atoms. The van der Waals surface area contributed by atoms with Crippen LogP contribution in [0.1, 0.15) is 32.7 Å². The average molecular weight is 588 g/mol. The van der Waals surface area contributed by atoms with Crippen LogP contribution in [0.15, 0.2) is 33.2 Å². The van der Waals surface area contributed by atoms with Crippen LogP contribution >= 0.6 is 46.6 Å². The summed E-state index contributed by atoms with van der Waals surface area (Å²) in [7, 11) is -5.76. The molecule has 2 heterocycles. The molecule has 30 heavy (non-hydrogen) atoms. The number of nitrogens with zero attached hydrogens (tertiary/aromatic N) is 2. The molecule has 2 atom stereocenters. The smallest absolute Gasteiger partial charge is 0.293 e. The normalized spacial score (nSPS) is 14.5. The largest absolute Gasteiger partial charge is 0.618 e. The summed E-state index contributed by atoms with van der Waals surface area (Å²) in [5.74, 6) is 0. The Labute approximate surface area is 196 Å². The van der Waals surface area contributed by atoms with Gasteiger partial charge in [0.15, 0.2) is 5.69 Å². The first-order valence-corrected chi connectivity index (χ1v) is 14.6. The number of hydrogen-bond acceptors (Lipinski definition) is 6. The van der Waals surface area contributed by atoms with Crippen LogP contribution in [-0.4, -0.2) is 31.5 Å². The molecular formula is C19H30Br2N2O5P2. The molecule has 0 aliphatic rings. The van der Waals surface area contributed by atoms with Crippen molar-refractivity contribution in [2.24, 2.45) is 0 Å². The van der Waals surface area contributed by atoms with Crippen molar-refractivity contribution in [1.29, 1.82) is 0 Å². The Morgan fingerprint density at radius 2 is 1.47 bits per heavy atom. The molecule has 0 saturated heterocycles.